The van der Waals surface area contributed by atoms with Crippen molar-refractivity contribution in [3.63, 3.8) is 0 Å². The van der Waals surface area contributed by atoms with E-state index in [1.807, 2.05) is 25.9 Å². The maximum absolute atomic E-state index is 12.5. The number of rotatable bonds is 7. The molecule has 0 saturated carbocycles. The predicted octanol–water partition coefficient (Wildman–Crippen LogP) is 1.87. The van der Waals surface area contributed by atoms with E-state index in [-0.39, 0.29) is 17.5 Å². The van der Waals surface area contributed by atoms with Crippen LogP contribution in [0.3, 0.4) is 0 Å². The fourth-order valence-corrected chi connectivity index (χ4v) is 4.28. The third-order valence-corrected chi connectivity index (χ3v) is 6.05. The first-order valence-corrected chi connectivity index (χ1v) is 9.02. The molecule has 1 atom stereocenters. The summed E-state index contributed by atoms with van der Waals surface area (Å²) in [6.45, 7) is 4.27. The van der Waals surface area contributed by atoms with E-state index >= 15 is 0 Å². The van der Waals surface area contributed by atoms with E-state index in [1.54, 1.807) is 13.0 Å². The van der Waals surface area contributed by atoms with Crippen LogP contribution in [0.4, 0.5) is 0 Å². The second kappa shape index (κ2) is 7.69. The van der Waals surface area contributed by atoms with Crippen molar-refractivity contribution in [2.24, 2.45) is 0 Å². The summed E-state index contributed by atoms with van der Waals surface area (Å²) in [4.78, 5) is 2.18. The molecule has 0 saturated heterocycles. The molecule has 7 heteroatoms. The van der Waals surface area contributed by atoms with Gasteiger partial charge in [-0.3, -0.25) is 0 Å². The number of hydrogen-bond donors (Lipinski definition) is 2. The number of aryl methyl sites for hydroxylation is 1. The Bertz CT molecular complexity index is 588. The van der Waals surface area contributed by atoms with Crippen LogP contribution >= 0.6 is 15.9 Å². The summed E-state index contributed by atoms with van der Waals surface area (Å²) in [5.74, 6) is 0. The molecular formula is C14H23BrN2O3S. The lowest BCUT2D eigenvalue weighted by Crippen LogP contribution is -2.35. The molecule has 0 aromatic heterocycles. The van der Waals surface area contributed by atoms with Gasteiger partial charge in [0.05, 0.1) is 11.5 Å². The van der Waals surface area contributed by atoms with Gasteiger partial charge in [0.15, 0.2) is 0 Å². The lowest BCUT2D eigenvalue weighted by Gasteiger charge is -2.18. The van der Waals surface area contributed by atoms with E-state index < -0.39 is 10.0 Å². The van der Waals surface area contributed by atoms with Crippen LogP contribution in [0.5, 0.6) is 0 Å². The van der Waals surface area contributed by atoms with Crippen molar-refractivity contribution in [3.8, 4) is 0 Å². The molecule has 0 aliphatic carbocycles. The molecule has 0 heterocycles. The van der Waals surface area contributed by atoms with Crippen molar-refractivity contribution in [1.82, 2.24) is 9.62 Å². The molecule has 0 bridgehead atoms. The van der Waals surface area contributed by atoms with Crippen LogP contribution in [0.2, 0.25) is 0 Å². The summed E-state index contributed by atoms with van der Waals surface area (Å²) in [6, 6.07) is 3.10. The van der Waals surface area contributed by atoms with E-state index in [1.165, 1.54) is 6.07 Å². The Balaban J connectivity index is 3.00. The Morgan fingerprint density at radius 1 is 1.38 bits per heavy atom. The Kier molecular flexibility index (Phi) is 6.80. The predicted molar refractivity (Wildman–Crippen MR) is 87.8 cm³/mol. The second-order valence-corrected chi connectivity index (χ2v) is 7.97. The van der Waals surface area contributed by atoms with Crippen molar-refractivity contribution in [3.05, 3.63) is 27.7 Å². The zero-order valence-electron chi connectivity index (χ0n) is 12.9. The molecule has 0 spiro atoms. The van der Waals surface area contributed by atoms with Crippen molar-refractivity contribution in [1.29, 1.82) is 0 Å². The number of sulfonamides is 1. The number of benzene rings is 1. The highest BCUT2D eigenvalue weighted by Crippen LogP contribution is 2.27. The molecule has 0 aliphatic heterocycles. The van der Waals surface area contributed by atoms with Crippen LogP contribution < -0.4 is 4.72 Å². The molecule has 1 aromatic rings. The number of halogens is 1. The van der Waals surface area contributed by atoms with Gasteiger partial charge in [0, 0.05) is 10.5 Å². The number of aliphatic hydroxyl groups is 1. The number of nitrogens with zero attached hydrogens (tertiary/aromatic N) is 1. The van der Waals surface area contributed by atoms with Crippen LogP contribution in [-0.2, 0) is 16.6 Å². The SMILES string of the molecule is Cc1cc(CO)cc(S(=O)(=O)NC(C)CCN(C)C)c1Br. The zero-order valence-corrected chi connectivity index (χ0v) is 15.3. The highest BCUT2D eigenvalue weighted by Gasteiger charge is 2.22. The monoisotopic (exact) mass is 378 g/mol. The second-order valence-electron chi connectivity index (χ2n) is 5.50. The van der Waals surface area contributed by atoms with Gasteiger partial charge in [-0.05, 0) is 74.0 Å². The summed E-state index contributed by atoms with van der Waals surface area (Å²) in [6.07, 6.45) is 0.725. The molecule has 21 heavy (non-hydrogen) atoms. The van der Waals surface area contributed by atoms with E-state index in [2.05, 4.69) is 20.7 Å². The lowest BCUT2D eigenvalue weighted by molar-refractivity contribution is 0.281. The minimum Gasteiger partial charge on any atom is -0.392 e. The van der Waals surface area contributed by atoms with Crippen molar-refractivity contribution < 1.29 is 13.5 Å². The van der Waals surface area contributed by atoms with Crippen LogP contribution in [0.25, 0.3) is 0 Å². The molecule has 120 valence electrons. The van der Waals surface area contributed by atoms with Gasteiger partial charge in [-0.2, -0.15) is 0 Å². The Hall–Kier alpha value is -0.470. The lowest BCUT2D eigenvalue weighted by atomic mass is 10.1. The first-order valence-electron chi connectivity index (χ1n) is 6.74. The average Bonchev–Trinajstić information content (AvgIpc) is 2.38. The van der Waals surface area contributed by atoms with E-state index in [4.69, 9.17) is 0 Å². The topological polar surface area (TPSA) is 69.6 Å². The average molecular weight is 379 g/mol. The van der Waals surface area contributed by atoms with E-state index in [0.29, 0.717) is 10.0 Å². The quantitative estimate of drug-likeness (QED) is 0.759. The molecule has 1 aromatic carbocycles. The molecule has 0 radical (unpaired) electrons. The Morgan fingerprint density at radius 2 is 2.00 bits per heavy atom. The summed E-state index contributed by atoms with van der Waals surface area (Å²) in [5, 5.41) is 9.23. The molecule has 0 amide bonds. The van der Waals surface area contributed by atoms with E-state index in [0.717, 1.165) is 18.5 Å². The smallest absolute Gasteiger partial charge is 0.241 e. The fourth-order valence-electron chi connectivity index (χ4n) is 1.94. The molecular weight excluding hydrogens is 356 g/mol. The number of nitrogens with one attached hydrogen (secondary N) is 1. The standard InChI is InChI=1S/C14H23BrN2O3S/c1-10-7-12(9-18)8-13(14(10)15)21(19,20)16-11(2)5-6-17(3)4/h7-8,11,16,18H,5-6,9H2,1-4H3. The van der Waals surface area contributed by atoms with Crippen molar-refractivity contribution in [2.45, 2.75) is 37.8 Å². The molecule has 1 rings (SSSR count). The highest BCUT2D eigenvalue weighted by atomic mass is 79.9. The van der Waals surface area contributed by atoms with E-state index in [9.17, 15) is 13.5 Å². The first-order chi connectivity index (χ1) is 9.67. The maximum atomic E-state index is 12.5. The van der Waals surface area contributed by atoms with Gasteiger partial charge in [0.25, 0.3) is 0 Å². The van der Waals surface area contributed by atoms with Crippen molar-refractivity contribution in [2.75, 3.05) is 20.6 Å². The van der Waals surface area contributed by atoms with Gasteiger partial charge in [-0.15, -0.1) is 0 Å². The summed E-state index contributed by atoms with van der Waals surface area (Å²) < 4.78 is 28.2. The first kappa shape index (κ1) is 18.6. The van der Waals surface area contributed by atoms with Crippen LogP contribution in [0, 0.1) is 6.92 Å². The van der Waals surface area contributed by atoms with Crippen LogP contribution in [0.15, 0.2) is 21.5 Å². The third-order valence-electron chi connectivity index (χ3n) is 3.12. The van der Waals surface area contributed by atoms with Gasteiger partial charge in [-0.25, -0.2) is 13.1 Å². The molecule has 5 nitrogen and oxygen atoms in total. The maximum Gasteiger partial charge on any atom is 0.241 e. The Morgan fingerprint density at radius 3 is 2.52 bits per heavy atom. The third kappa shape index (κ3) is 5.34. The number of hydrogen-bond acceptors (Lipinski definition) is 4. The van der Waals surface area contributed by atoms with Gasteiger partial charge in [0.1, 0.15) is 0 Å². The van der Waals surface area contributed by atoms with Gasteiger partial charge < -0.3 is 10.0 Å². The fraction of sp³-hybridized carbons (Fsp3) is 0.571. The van der Waals surface area contributed by atoms with Crippen molar-refractivity contribution >= 4 is 26.0 Å². The summed E-state index contributed by atoms with van der Waals surface area (Å²) in [7, 11) is 0.281. The normalized spacial score (nSPS) is 13.7. The summed E-state index contributed by atoms with van der Waals surface area (Å²) >= 11 is 3.32. The molecule has 1 unspecified atom stereocenters. The van der Waals surface area contributed by atoms with Crippen LogP contribution in [-0.4, -0.2) is 45.1 Å². The molecule has 2 N–H and O–H groups in total. The largest absolute Gasteiger partial charge is 0.392 e. The minimum absolute atomic E-state index is 0.164. The van der Waals surface area contributed by atoms with Crippen LogP contribution in [0.1, 0.15) is 24.5 Å². The minimum atomic E-state index is -3.62. The van der Waals surface area contributed by atoms with Gasteiger partial charge in [0.2, 0.25) is 10.0 Å². The molecule has 0 fully saturated rings. The number of aliphatic hydroxyl groups excluding tert-OH is 1. The van der Waals surface area contributed by atoms with Gasteiger partial charge in [-0.1, -0.05) is 6.07 Å². The summed E-state index contributed by atoms with van der Waals surface area (Å²) in [5.41, 5.74) is 1.36. The van der Waals surface area contributed by atoms with Gasteiger partial charge >= 0.3 is 0 Å². The Labute approximate surface area is 135 Å². The zero-order chi connectivity index (χ0) is 16.2. The highest BCUT2D eigenvalue weighted by molar-refractivity contribution is 9.10. The molecule has 0 aliphatic rings.